The van der Waals surface area contributed by atoms with E-state index in [0.717, 1.165) is 46.4 Å². The maximum Gasteiger partial charge on any atom is 0.0762 e. The molecule has 2 aliphatic carbocycles. The first-order chi connectivity index (χ1) is 30.4. The van der Waals surface area contributed by atoms with Crippen LogP contribution in [0.25, 0.3) is 66.5 Å². The summed E-state index contributed by atoms with van der Waals surface area (Å²) < 4.78 is 0. The van der Waals surface area contributed by atoms with Gasteiger partial charge < -0.3 is 4.98 Å². The summed E-state index contributed by atoms with van der Waals surface area (Å²) in [4.78, 5) is 9.57. The average Bonchev–Trinajstić information content (AvgIpc) is 3.74. The molecule has 1 atom stereocenters. The van der Waals surface area contributed by atoms with Crippen LogP contribution in [0, 0.1) is 0 Å². The third-order valence-electron chi connectivity index (χ3n) is 14.1. The molecule has 1 aromatic heterocycles. The maximum atomic E-state index is 5.55. The van der Waals surface area contributed by atoms with Gasteiger partial charge in [0.05, 0.1) is 22.4 Å². The van der Waals surface area contributed by atoms with Crippen molar-refractivity contribution < 1.29 is 0 Å². The van der Waals surface area contributed by atoms with Crippen molar-refractivity contribution >= 4 is 38.8 Å². The summed E-state index contributed by atoms with van der Waals surface area (Å²) in [5.41, 5.74) is 25.0. The van der Waals surface area contributed by atoms with Gasteiger partial charge in [-0.2, -0.15) is 0 Å². The molecular weight excluding hydrogens is 749 g/mol. The van der Waals surface area contributed by atoms with Crippen molar-refractivity contribution in [1.29, 1.82) is 0 Å². The number of nitrogens with one attached hydrogen (secondary N) is 1. The highest BCUT2D eigenvalue weighted by Crippen LogP contribution is 2.53. The Bertz CT molecular complexity index is 3360. The lowest BCUT2D eigenvalue weighted by atomic mass is 9.73. The van der Waals surface area contributed by atoms with E-state index in [0.29, 0.717) is 0 Å². The molecular formula is C60H46N2. The minimum absolute atomic E-state index is 0.0470. The Labute approximate surface area is 363 Å². The van der Waals surface area contributed by atoms with Crippen molar-refractivity contribution in [2.75, 3.05) is 0 Å². The summed E-state index contributed by atoms with van der Waals surface area (Å²) in [5, 5.41) is 2.42. The molecule has 9 aromatic rings. The molecule has 0 amide bonds. The lowest BCUT2D eigenvalue weighted by Gasteiger charge is -2.31. The SMILES string of the molecule is CC1=C(c2cccc3c2[nH]c2c(-c4ccc5c(c4)-c4cc6c(cc4CC5c4ccccc4)C(C)(C)c4ccccc4-6)cccc23)N=C(c2ccccc2)CC=C1c1ccccc1. The molecule has 62 heavy (non-hydrogen) atoms. The van der Waals surface area contributed by atoms with Crippen molar-refractivity contribution in [3.8, 4) is 33.4 Å². The number of benzene rings is 8. The standard InChI is InChI=1S/C60H46N2/c1-37-43(38-17-7-4-8-18-38)31-32-56(40-21-11-6-12-22-40)61-57(37)49-27-16-26-48-47-25-15-24-44(58(47)62-59(48)49)41-29-30-45-50(39-19-9-5-10-20-39)34-42-35-55-53(36-51(42)52(45)33-41)46-23-13-14-28-54(46)60(55,2)3/h4-31,33,35-36,50,62H,32,34H2,1-3H3. The number of H-pyrrole nitrogens is 1. The van der Waals surface area contributed by atoms with Gasteiger partial charge >= 0.3 is 0 Å². The van der Waals surface area contributed by atoms with Crippen molar-refractivity contribution in [3.63, 3.8) is 0 Å². The Morgan fingerprint density at radius 1 is 0.516 bits per heavy atom. The molecule has 8 aromatic carbocycles. The van der Waals surface area contributed by atoms with Crippen LogP contribution in [0.5, 0.6) is 0 Å². The summed E-state index contributed by atoms with van der Waals surface area (Å²) in [7, 11) is 0. The van der Waals surface area contributed by atoms with Crippen molar-refractivity contribution in [3.05, 3.63) is 238 Å². The van der Waals surface area contributed by atoms with E-state index >= 15 is 0 Å². The van der Waals surface area contributed by atoms with Gasteiger partial charge in [-0.3, -0.25) is 4.99 Å². The van der Waals surface area contributed by atoms with Gasteiger partial charge in [0.1, 0.15) is 0 Å². The Kier molecular flexibility index (Phi) is 8.34. The average molecular weight is 795 g/mol. The van der Waals surface area contributed by atoms with E-state index in [1.807, 2.05) is 0 Å². The van der Waals surface area contributed by atoms with Crippen molar-refractivity contribution in [2.45, 2.75) is 44.9 Å². The van der Waals surface area contributed by atoms with Gasteiger partial charge in [0, 0.05) is 39.7 Å². The molecule has 1 N–H and O–H groups in total. The number of nitrogens with zero attached hydrogens (tertiary/aromatic N) is 1. The quantitative estimate of drug-likeness (QED) is 0.180. The third kappa shape index (κ3) is 5.67. The molecule has 1 aliphatic heterocycles. The molecule has 1 unspecified atom stereocenters. The molecule has 0 spiro atoms. The number of fused-ring (bicyclic) bond motifs is 9. The first-order valence-corrected chi connectivity index (χ1v) is 22.0. The topological polar surface area (TPSA) is 28.1 Å². The van der Waals surface area contributed by atoms with E-state index in [4.69, 9.17) is 4.99 Å². The summed E-state index contributed by atoms with van der Waals surface area (Å²) >= 11 is 0. The molecule has 2 heteroatoms. The molecule has 3 aliphatic rings. The number of aromatic nitrogens is 1. The van der Waals surface area contributed by atoms with Gasteiger partial charge in [0.25, 0.3) is 0 Å². The fourth-order valence-electron chi connectivity index (χ4n) is 10.9. The third-order valence-corrected chi connectivity index (χ3v) is 14.1. The molecule has 12 rings (SSSR count). The van der Waals surface area contributed by atoms with Gasteiger partial charge in [0.15, 0.2) is 0 Å². The molecule has 0 radical (unpaired) electrons. The number of hydrogen-bond acceptors (Lipinski definition) is 1. The molecule has 0 saturated carbocycles. The van der Waals surface area contributed by atoms with E-state index in [9.17, 15) is 0 Å². The van der Waals surface area contributed by atoms with Crippen LogP contribution < -0.4 is 0 Å². The Morgan fingerprint density at radius 2 is 1.16 bits per heavy atom. The van der Waals surface area contributed by atoms with Crippen LogP contribution in [-0.2, 0) is 11.8 Å². The van der Waals surface area contributed by atoms with Crippen LogP contribution in [0.1, 0.15) is 77.6 Å². The predicted molar refractivity (Wildman–Crippen MR) is 261 cm³/mol. The van der Waals surface area contributed by atoms with Crippen LogP contribution in [-0.4, -0.2) is 10.7 Å². The Morgan fingerprint density at radius 3 is 1.92 bits per heavy atom. The van der Waals surface area contributed by atoms with E-state index in [1.54, 1.807) is 0 Å². The van der Waals surface area contributed by atoms with Crippen LogP contribution in [0.15, 0.2) is 199 Å². The number of aliphatic imine (C=N–C) groups is 1. The van der Waals surface area contributed by atoms with Gasteiger partial charge in [-0.15, -0.1) is 0 Å². The predicted octanol–water partition coefficient (Wildman–Crippen LogP) is 15.4. The van der Waals surface area contributed by atoms with Gasteiger partial charge in [0.2, 0.25) is 0 Å². The lowest BCUT2D eigenvalue weighted by Crippen LogP contribution is -2.17. The molecule has 0 fully saturated rings. The summed E-state index contributed by atoms with van der Waals surface area (Å²) in [6.45, 7) is 7.02. The Balaban J connectivity index is 1.05. The maximum absolute atomic E-state index is 5.55. The zero-order chi connectivity index (χ0) is 41.5. The van der Waals surface area contributed by atoms with Crippen molar-refractivity contribution in [2.24, 2.45) is 4.99 Å². The Hall–Kier alpha value is -7.29. The highest BCUT2D eigenvalue weighted by atomic mass is 14.8. The van der Waals surface area contributed by atoms with Crippen LogP contribution in [0.2, 0.25) is 0 Å². The van der Waals surface area contributed by atoms with Gasteiger partial charge in [-0.05, 0) is 103 Å². The van der Waals surface area contributed by atoms with E-state index in [2.05, 4.69) is 214 Å². The largest absolute Gasteiger partial charge is 0.353 e. The minimum atomic E-state index is -0.0470. The highest BCUT2D eigenvalue weighted by Gasteiger charge is 2.38. The zero-order valence-electron chi connectivity index (χ0n) is 35.3. The second-order valence-electron chi connectivity index (χ2n) is 17.9. The van der Waals surface area contributed by atoms with Gasteiger partial charge in [-0.25, -0.2) is 0 Å². The van der Waals surface area contributed by atoms with E-state index < -0.39 is 0 Å². The number of aromatic amines is 1. The summed E-state index contributed by atoms with van der Waals surface area (Å²) in [5.74, 6) is 0.274. The molecule has 2 nitrogen and oxygen atoms in total. The second-order valence-corrected chi connectivity index (χ2v) is 17.9. The first-order valence-electron chi connectivity index (χ1n) is 22.0. The molecule has 296 valence electrons. The smallest absolute Gasteiger partial charge is 0.0762 e. The fourth-order valence-corrected chi connectivity index (χ4v) is 10.9. The second kappa shape index (κ2) is 14.1. The normalized spacial score (nSPS) is 16.3. The van der Waals surface area contributed by atoms with Crippen LogP contribution in [0.3, 0.4) is 0 Å². The molecule has 0 bridgehead atoms. The number of allylic oxidation sites excluding steroid dienone is 3. The number of rotatable bonds is 5. The monoisotopic (exact) mass is 794 g/mol. The number of para-hydroxylation sites is 2. The van der Waals surface area contributed by atoms with E-state index in [1.165, 1.54) is 88.7 Å². The van der Waals surface area contributed by atoms with Crippen molar-refractivity contribution in [1.82, 2.24) is 4.98 Å². The first kappa shape index (κ1) is 36.6. The molecule has 2 heterocycles. The fraction of sp³-hybridized carbons (Fsp3) is 0.117. The van der Waals surface area contributed by atoms with Crippen LogP contribution >= 0.6 is 0 Å². The lowest BCUT2D eigenvalue weighted by molar-refractivity contribution is 0.658. The summed E-state index contributed by atoms with van der Waals surface area (Å²) in [6.07, 6.45) is 4.09. The highest BCUT2D eigenvalue weighted by molar-refractivity contribution is 6.16. The summed E-state index contributed by atoms with van der Waals surface area (Å²) in [6, 6.07) is 67.3. The number of hydrogen-bond donors (Lipinski definition) is 1. The van der Waals surface area contributed by atoms with E-state index in [-0.39, 0.29) is 11.3 Å². The van der Waals surface area contributed by atoms with Gasteiger partial charge in [-0.1, -0.05) is 190 Å². The zero-order valence-corrected chi connectivity index (χ0v) is 35.3. The molecule has 0 saturated heterocycles. The van der Waals surface area contributed by atoms with Crippen LogP contribution in [0.4, 0.5) is 0 Å². The minimum Gasteiger partial charge on any atom is -0.353 e.